The van der Waals surface area contributed by atoms with Crippen LogP contribution in [0.4, 0.5) is 0 Å². The predicted molar refractivity (Wildman–Crippen MR) is 138 cm³/mol. The van der Waals surface area contributed by atoms with E-state index in [1.807, 2.05) is 6.07 Å². The van der Waals surface area contributed by atoms with Crippen molar-refractivity contribution in [2.24, 2.45) is 16.7 Å². The molecule has 5 rings (SSSR count). The largest absolute Gasteiger partial charge is 0.425 e. The summed E-state index contributed by atoms with van der Waals surface area (Å²) in [4.78, 5) is 13.4. The Labute approximate surface area is 212 Å². The van der Waals surface area contributed by atoms with E-state index in [4.69, 9.17) is 4.74 Å². The number of unbranched alkanes of at least 4 members (excludes halogenated alkanes) is 2. The molecule has 0 heterocycles. The summed E-state index contributed by atoms with van der Waals surface area (Å²) in [5.74, 6) is 1.18. The molecule has 4 nitrogen and oxygen atoms in total. The van der Waals surface area contributed by atoms with Gasteiger partial charge in [0.1, 0.15) is 23.5 Å². The maximum atomic E-state index is 13.4. The number of carbonyl (C=O) groups excluding carboxylic acids is 1. The molecule has 4 heteroatoms. The molecule has 4 aliphatic carbocycles. The van der Waals surface area contributed by atoms with Crippen LogP contribution in [-0.4, -0.2) is 5.97 Å². The number of hydrogen-bond donors (Lipinski definition) is 0. The van der Waals surface area contributed by atoms with Gasteiger partial charge in [-0.15, -0.1) is 0 Å². The first kappa shape index (κ1) is 25.8. The quantitative estimate of drug-likeness (QED) is 0.205. The monoisotopic (exact) mass is 474 g/mol. The summed E-state index contributed by atoms with van der Waals surface area (Å²) in [6.07, 6.45) is 18.1. The SMILES string of the molecule is CCCCCC12CCC(C(=O)Oc3ccc([C@H]4CC[C@H](CCC)CC4)c(C#N)c3C#N)(CC1)CC2. The van der Waals surface area contributed by atoms with Crippen molar-refractivity contribution in [2.45, 2.75) is 122 Å². The molecule has 1 aromatic rings. The fraction of sp³-hybridized carbons (Fsp3) is 0.710. The Morgan fingerprint density at radius 1 is 0.914 bits per heavy atom. The minimum atomic E-state index is -0.414. The molecule has 0 radical (unpaired) electrons. The third-order valence-electron chi connectivity index (χ3n) is 9.75. The number of ether oxygens (including phenoxy) is 1. The number of rotatable bonds is 9. The molecule has 0 aromatic heterocycles. The highest BCUT2D eigenvalue weighted by atomic mass is 16.5. The zero-order chi connectivity index (χ0) is 24.9. The van der Waals surface area contributed by atoms with E-state index in [0.29, 0.717) is 16.9 Å². The number of carbonyl (C=O) groups is 1. The predicted octanol–water partition coefficient (Wildman–Crippen LogP) is 8.33. The highest BCUT2D eigenvalue weighted by molar-refractivity contribution is 5.80. The molecular weight excluding hydrogens is 432 g/mol. The van der Waals surface area contributed by atoms with Crippen LogP contribution in [0.1, 0.15) is 139 Å². The van der Waals surface area contributed by atoms with Crippen LogP contribution in [-0.2, 0) is 4.79 Å². The van der Waals surface area contributed by atoms with E-state index in [1.54, 1.807) is 6.07 Å². The maximum absolute atomic E-state index is 13.4. The van der Waals surface area contributed by atoms with Gasteiger partial charge in [0, 0.05) is 0 Å². The first-order chi connectivity index (χ1) is 17.0. The molecule has 4 fully saturated rings. The van der Waals surface area contributed by atoms with Crippen LogP contribution in [0.25, 0.3) is 0 Å². The van der Waals surface area contributed by atoms with Crippen LogP contribution >= 0.6 is 0 Å². The Hall–Kier alpha value is -2.33. The molecule has 0 aliphatic heterocycles. The molecule has 0 saturated heterocycles. The van der Waals surface area contributed by atoms with Gasteiger partial charge in [-0.1, -0.05) is 52.0 Å². The molecule has 4 aliphatic rings. The minimum Gasteiger partial charge on any atom is -0.425 e. The van der Waals surface area contributed by atoms with E-state index in [9.17, 15) is 15.3 Å². The highest BCUT2D eigenvalue weighted by Crippen LogP contribution is 2.59. The summed E-state index contributed by atoms with van der Waals surface area (Å²) in [5.41, 5.74) is 1.63. The van der Waals surface area contributed by atoms with Crippen molar-refractivity contribution in [3.05, 3.63) is 28.8 Å². The number of nitrogens with zero attached hydrogens (tertiary/aromatic N) is 2. The summed E-state index contributed by atoms with van der Waals surface area (Å²) >= 11 is 0. The molecule has 0 unspecified atom stereocenters. The topological polar surface area (TPSA) is 73.9 Å². The lowest BCUT2D eigenvalue weighted by molar-refractivity contribution is -0.156. The number of benzene rings is 1. The summed E-state index contributed by atoms with van der Waals surface area (Å²) in [5, 5.41) is 19.9. The first-order valence-corrected chi connectivity index (χ1v) is 14.2. The molecular formula is C31H42N2O2. The smallest absolute Gasteiger partial charge is 0.317 e. The van der Waals surface area contributed by atoms with Gasteiger partial charge >= 0.3 is 5.97 Å². The van der Waals surface area contributed by atoms with Crippen LogP contribution in [0.15, 0.2) is 12.1 Å². The van der Waals surface area contributed by atoms with E-state index in [0.717, 1.165) is 62.8 Å². The number of hydrogen-bond acceptors (Lipinski definition) is 4. The van der Waals surface area contributed by atoms with Crippen LogP contribution < -0.4 is 4.74 Å². The van der Waals surface area contributed by atoms with Gasteiger partial charge in [-0.3, -0.25) is 4.79 Å². The van der Waals surface area contributed by atoms with Crippen LogP contribution in [0.5, 0.6) is 5.75 Å². The summed E-state index contributed by atoms with van der Waals surface area (Å²) in [7, 11) is 0. The Balaban J connectivity index is 1.46. The van der Waals surface area contributed by atoms with Crippen LogP contribution in [0.2, 0.25) is 0 Å². The van der Waals surface area contributed by atoms with Gasteiger partial charge in [-0.2, -0.15) is 10.5 Å². The van der Waals surface area contributed by atoms with Crippen molar-refractivity contribution >= 4 is 5.97 Å². The fourth-order valence-electron chi connectivity index (χ4n) is 7.33. The van der Waals surface area contributed by atoms with Gasteiger partial charge < -0.3 is 4.74 Å². The van der Waals surface area contributed by atoms with Crippen LogP contribution in [0, 0.1) is 39.4 Å². The second-order valence-electron chi connectivity index (χ2n) is 11.8. The van der Waals surface area contributed by atoms with Crippen molar-refractivity contribution < 1.29 is 9.53 Å². The first-order valence-electron chi connectivity index (χ1n) is 14.2. The van der Waals surface area contributed by atoms with Gasteiger partial charge in [0.25, 0.3) is 0 Å². The number of fused-ring (bicyclic) bond motifs is 3. The molecule has 4 saturated carbocycles. The minimum absolute atomic E-state index is 0.187. The second kappa shape index (κ2) is 11.2. The Morgan fingerprint density at radius 2 is 1.57 bits per heavy atom. The zero-order valence-corrected chi connectivity index (χ0v) is 21.8. The molecule has 2 bridgehead atoms. The van der Waals surface area contributed by atoms with Crippen molar-refractivity contribution in [1.29, 1.82) is 10.5 Å². The standard InChI is InChI=1S/C31H42N2O2/c1-3-5-6-14-30-15-18-31(19-16-30,20-17-30)29(34)35-28-13-12-25(26(21-32)27(28)22-33)24-10-8-23(7-4-2)9-11-24/h12-13,23-24H,3-11,14-20H2,1-2H3/t23-,24-,30?,31?. The molecule has 1 aromatic carbocycles. The number of nitriles is 2. The third-order valence-corrected chi connectivity index (χ3v) is 9.75. The average Bonchev–Trinajstić information content (AvgIpc) is 2.90. The van der Waals surface area contributed by atoms with Gasteiger partial charge in [0.05, 0.1) is 11.0 Å². The summed E-state index contributed by atoms with van der Waals surface area (Å²) < 4.78 is 5.95. The van der Waals surface area contributed by atoms with Crippen molar-refractivity contribution in [1.82, 2.24) is 0 Å². The molecule has 0 atom stereocenters. The molecule has 35 heavy (non-hydrogen) atoms. The fourth-order valence-corrected chi connectivity index (χ4v) is 7.33. The van der Waals surface area contributed by atoms with Crippen LogP contribution in [0.3, 0.4) is 0 Å². The van der Waals surface area contributed by atoms with Crippen molar-refractivity contribution in [3.8, 4) is 17.9 Å². The lowest BCUT2D eigenvalue weighted by Gasteiger charge is -2.52. The number of esters is 1. The summed E-state index contributed by atoms with van der Waals surface area (Å²) in [6.45, 7) is 4.49. The zero-order valence-electron chi connectivity index (χ0n) is 21.8. The lowest BCUT2D eigenvalue weighted by atomic mass is 9.52. The normalized spacial score (nSPS) is 29.8. The van der Waals surface area contributed by atoms with Gasteiger partial charge in [-0.25, -0.2) is 0 Å². The second-order valence-corrected chi connectivity index (χ2v) is 11.8. The van der Waals surface area contributed by atoms with E-state index in [1.165, 1.54) is 51.4 Å². The van der Waals surface area contributed by atoms with E-state index < -0.39 is 5.41 Å². The molecule has 0 spiro atoms. The lowest BCUT2D eigenvalue weighted by Crippen LogP contribution is -2.47. The highest BCUT2D eigenvalue weighted by Gasteiger charge is 2.53. The summed E-state index contributed by atoms with van der Waals surface area (Å²) in [6, 6.07) is 8.23. The molecule has 188 valence electrons. The Bertz CT molecular complexity index is 966. The Kier molecular flexibility index (Phi) is 8.21. The maximum Gasteiger partial charge on any atom is 0.317 e. The van der Waals surface area contributed by atoms with Gasteiger partial charge in [0.2, 0.25) is 0 Å². The van der Waals surface area contributed by atoms with E-state index >= 15 is 0 Å². The van der Waals surface area contributed by atoms with E-state index in [-0.39, 0.29) is 17.3 Å². The van der Waals surface area contributed by atoms with Gasteiger partial charge in [0.15, 0.2) is 0 Å². The van der Waals surface area contributed by atoms with Crippen molar-refractivity contribution in [2.75, 3.05) is 0 Å². The third kappa shape index (κ3) is 5.28. The Morgan fingerprint density at radius 3 is 2.14 bits per heavy atom. The van der Waals surface area contributed by atoms with E-state index in [2.05, 4.69) is 26.0 Å². The average molecular weight is 475 g/mol. The molecule has 0 N–H and O–H groups in total. The molecule has 0 amide bonds. The van der Waals surface area contributed by atoms with Crippen molar-refractivity contribution in [3.63, 3.8) is 0 Å². The van der Waals surface area contributed by atoms with Gasteiger partial charge in [-0.05, 0) is 99.5 Å².